The second-order valence-corrected chi connectivity index (χ2v) is 17.0. The van der Waals surface area contributed by atoms with Crippen LogP contribution in [0.15, 0.2) is 24.3 Å². The second kappa shape index (κ2) is 30.7. The molecule has 0 aliphatic carbocycles. The minimum absolute atomic E-state index is 0.0210. The van der Waals surface area contributed by atoms with E-state index >= 15 is 0 Å². The summed E-state index contributed by atoms with van der Waals surface area (Å²) in [7, 11) is 0. The van der Waals surface area contributed by atoms with E-state index in [2.05, 4.69) is 31.9 Å². The number of carbonyl (C=O) groups excluding carboxylic acids is 6. The smallest absolute Gasteiger partial charge is 0.305 e. The van der Waals surface area contributed by atoms with E-state index in [0.29, 0.717) is 37.8 Å². The van der Waals surface area contributed by atoms with Crippen LogP contribution < -0.4 is 49.1 Å². The zero-order chi connectivity index (χ0) is 48.4. The third-order valence-electron chi connectivity index (χ3n) is 10.3. The number of amides is 6. The summed E-state index contributed by atoms with van der Waals surface area (Å²) < 4.78 is 0. The van der Waals surface area contributed by atoms with Crippen LogP contribution in [0.4, 0.5) is 0 Å². The zero-order valence-corrected chi connectivity index (χ0v) is 37.6. The van der Waals surface area contributed by atoms with Gasteiger partial charge >= 0.3 is 11.9 Å². The van der Waals surface area contributed by atoms with Crippen LogP contribution in [-0.2, 0) is 44.8 Å². The Morgan fingerprint density at radius 3 is 1.39 bits per heavy atom. The van der Waals surface area contributed by atoms with Gasteiger partial charge < -0.3 is 69.5 Å². The molecular weight excluding hydrogens is 835 g/mol. The molecule has 64 heavy (non-hydrogen) atoms. The summed E-state index contributed by atoms with van der Waals surface area (Å²) in [5.41, 5.74) is 17.9. The molecule has 1 aromatic carbocycles. The van der Waals surface area contributed by atoms with Crippen LogP contribution in [0.2, 0.25) is 0 Å². The van der Waals surface area contributed by atoms with Gasteiger partial charge in [-0.1, -0.05) is 39.8 Å². The van der Waals surface area contributed by atoms with Gasteiger partial charge in [-0.3, -0.25) is 38.4 Å². The molecule has 0 heterocycles. The van der Waals surface area contributed by atoms with E-state index in [-0.39, 0.29) is 74.6 Å². The van der Waals surface area contributed by atoms with Gasteiger partial charge in [0.25, 0.3) is 0 Å². The number of rotatable bonds is 33. The summed E-state index contributed by atoms with van der Waals surface area (Å²) in [6, 6.07) is 0.626. The van der Waals surface area contributed by atoms with Crippen molar-refractivity contribution in [2.24, 2.45) is 29.0 Å². The average molecular weight is 908 g/mol. The highest BCUT2D eigenvalue weighted by Crippen LogP contribution is 2.14. The number of phenolic OH excluding ortho intramolecular Hbond substituents is 1. The lowest BCUT2D eigenvalue weighted by atomic mass is 9.98. The Morgan fingerprint density at radius 1 is 0.516 bits per heavy atom. The highest BCUT2D eigenvalue weighted by atomic mass is 16.4. The van der Waals surface area contributed by atoms with E-state index in [9.17, 15) is 58.8 Å². The monoisotopic (exact) mass is 908 g/mol. The Kier molecular flexibility index (Phi) is 27.1. The number of carboxylic acid groups (broad SMARTS) is 2. The number of nitrogens with two attached hydrogens (primary N) is 3. The van der Waals surface area contributed by atoms with Gasteiger partial charge in [-0.05, 0) is 74.7 Å². The highest BCUT2D eigenvalue weighted by molar-refractivity contribution is 5.84. The summed E-state index contributed by atoms with van der Waals surface area (Å²) in [5.74, 6) is -6.12. The van der Waals surface area contributed by atoms with Crippen molar-refractivity contribution in [3.8, 4) is 5.75 Å². The van der Waals surface area contributed by atoms with Crippen molar-refractivity contribution in [1.29, 1.82) is 0 Å². The first-order valence-corrected chi connectivity index (χ1v) is 21.9. The molecular formula is C43H73N9O12. The number of nitrogens with one attached hydrogen (secondary N) is 6. The Labute approximate surface area is 375 Å². The lowest BCUT2D eigenvalue weighted by molar-refractivity contribution is -0.139. The van der Waals surface area contributed by atoms with E-state index in [4.69, 9.17) is 17.2 Å². The van der Waals surface area contributed by atoms with Crippen LogP contribution in [0.5, 0.6) is 5.75 Å². The molecule has 6 amide bonds. The number of benzene rings is 1. The predicted molar refractivity (Wildman–Crippen MR) is 237 cm³/mol. The standard InChI is InChI=1S/C43H73N9O12/c1-25(2)34(51-36(55)16-28(46)7-5-13-44)22-40(59)47-29(8-6-14-45)17-37(56)49-31(21-43(63)64)18-39(58)52-35(26(3)4)23-41(60)50-32(24-53)19-38(57)48-30(20-42(61)62)15-27-9-11-33(54)12-10-27/h9-12,25-26,28-32,34-35,53-54H,5-8,13-24,44-46H2,1-4H3,(H,47,59)(H,48,57)(H,49,56)(H,50,60)(H,51,55)(H,52,58)(H,61,62)(H,63,64)/t28-,29-,30-,31+,32+,34+,35+/m0/s1. The number of aromatic hydroxyl groups is 1. The number of phenols is 1. The molecule has 0 unspecified atom stereocenters. The summed E-state index contributed by atoms with van der Waals surface area (Å²) in [6.07, 6.45) is -0.224. The Bertz CT molecular complexity index is 1650. The van der Waals surface area contributed by atoms with Crippen molar-refractivity contribution in [2.75, 3.05) is 19.7 Å². The number of aliphatic carboxylic acids is 2. The quantitative estimate of drug-likeness (QED) is 0.0412. The van der Waals surface area contributed by atoms with Gasteiger partial charge in [0.05, 0.1) is 25.5 Å². The van der Waals surface area contributed by atoms with Crippen LogP contribution in [-0.4, -0.2) is 130 Å². The van der Waals surface area contributed by atoms with Crippen molar-refractivity contribution in [2.45, 2.75) is 153 Å². The average Bonchev–Trinajstić information content (AvgIpc) is 3.18. The molecule has 0 aliphatic heterocycles. The largest absolute Gasteiger partial charge is 0.508 e. The molecule has 0 fully saturated rings. The fourth-order valence-electron chi connectivity index (χ4n) is 6.81. The van der Waals surface area contributed by atoms with Gasteiger partial charge in [-0.25, -0.2) is 0 Å². The maximum atomic E-state index is 13.3. The van der Waals surface area contributed by atoms with E-state index in [1.807, 2.05) is 13.8 Å². The predicted octanol–water partition coefficient (Wildman–Crippen LogP) is -0.757. The van der Waals surface area contributed by atoms with Crippen LogP contribution >= 0.6 is 0 Å². The van der Waals surface area contributed by atoms with Gasteiger partial charge in [0, 0.05) is 74.8 Å². The van der Waals surface area contributed by atoms with E-state index in [1.165, 1.54) is 12.1 Å². The third kappa shape index (κ3) is 25.7. The number of aliphatic hydroxyl groups excluding tert-OH is 1. The molecule has 0 bridgehead atoms. The van der Waals surface area contributed by atoms with Gasteiger partial charge in [0.2, 0.25) is 35.4 Å². The topological polar surface area (TPSA) is 368 Å². The number of hydrogen-bond donors (Lipinski definition) is 13. The van der Waals surface area contributed by atoms with Crippen molar-refractivity contribution in [3.63, 3.8) is 0 Å². The second-order valence-electron chi connectivity index (χ2n) is 17.0. The van der Waals surface area contributed by atoms with Crippen LogP contribution in [0.3, 0.4) is 0 Å². The summed E-state index contributed by atoms with van der Waals surface area (Å²) >= 11 is 0. The van der Waals surface area contributed by atoms with Crippen LogP contribution in [0.1, 0.15) is 110 Å². The van der Waals surface area contributed by atoms with Crippen molar-refractivity contribution in [3.05, 3.63) is 29.8 Å². The molecule has 0 aromatic heterocycles. The molecule has 21 heteroatoms. The molecule has 0 saturated carbocycles. The Morgan fingerprint density at radius 2 is 0.906 bits per heavy atom. The Balaban J connectivity index is 2.88. The minimum atomic E-state index is -1.29. The number of carbonyl (C=O) groups is 8. The highest BCUT2D eigenvalue weighted by Gasteiger charge is 2.28. The van der Waals surface area contributed by atoms with E-state index in [0.717, 1.165) is 0 Å². The number of hydrogen-bond acceptors (Lipinski definition) is 13. The third-order valence-corrected chi connectivity index (χ3v) is 10.3. The molecule has 1 rings (SSSR count). The molecule has 1 aromatic rings. The summed E-state index contributed by atoms with van der Waals surface area (Å²) in [6.45, 7) is 7.27. The lowest BCUT2D eigenvalue weighted by Crippen LogP contribution is -2.49. The van der Waals surface area contributed by atoms with Crippen LogP contribution in [0.25, 0.3) is 0 Å². The van der Waals surface area contributed by atoms with Gasteiger partial charge in [0.15, 0.2) is 0 Å². The number of aliphatic hydroxyl groups is 1. The molecule has 0 saturated heterocycles. The van der Waals surface area contributed by atoms with E-state index in [1.54, 1.807) is 26.0 Å². The molecule has 0 spiro atoms. The first-order valence-electron chi connectivity index (χ1n) is 21.9. The SMILES string of the molecule is CC(C)[C@@H](CC(=O)N[C@@H](CCCN)CC(=O)N[C@@H](CC(=O)O)CC(=O)N[C@H](CC(=O)N[C@@H](CO)CC(=O)N[C@H](CC(=O)O)Cc1ccc(O)cc1)C(C)C)NC(=O)C[C@@H](N)CCCN. The maximum Gasteiger partial charge on any atom is 0.305 e. The van der Waals surface area contributed by atoms with Crippen molar-refractivity contribution in [1.82, 2.24) is 31.9 Å². The fraction of sp³-hybridized carbons (Fsp3) is 0.674. The number of carboxylic acids is 2. The first-order chi connectivity index (χ1) is 30.1. The Hall–Kier alpha value is -5.38. The summed E-state index contributed by atoms with van der Waals surface area (Å²) in [5, 5.41) is 54.6. The zero-order valence-electron chi connectivity index (χ0n) is 37.6. The normalized spacial score (nSPS) is 14.5. The molecule has 0 radical (unpaired) electrons. The fourth-order valence-corrected chi connectivity index (χ4v) is 6.81. The van der Waals surface area contributed by atoms with Gasteiger partial charge in [0.1, 0.15) is 5.75 Å². The summed E-state index contributed by atoms with van der Waals surface area (Å²) in [4.78, 5) is 102. The lowest BCUT2D eigenvalue weighted by Gasteiger charge is -2.26. The molecule has 7 atom stereocenters. The molecule has 21 nitrogen and oxygen atoms in total. The molecule has 362 valence electrons. The molecule has 0 aliphatic rings. The van der Waals surface area contributed by atoms with Gasteiger partial charge in [-0.15, -0.1) is 0 Å². The minimum Gasteiger partial charge on any atom is -0.508 e. The van der Waals surface area contributed by atoms with Crippen molar-refractivity contribution < 1.29 is 58.8 Å². The molecule has 16 N–H and O–H groups in total. The van der Waals surface area contributed by atoms with E-state index < -0.39 is 104 Å². The maximum absolute atomic E-state index is 13.3. The van der Waals surface area contributed by atoms with Crippen molar-refractivity contribution >= 4 is 47.4 Å². The van der Waals surface area contributed by atoms with Gasteiger partial charge in [-0.2, -0.15) is 0 Å². The van der Waals surface area contributed by atoms with Crippen LogP contribution in [0, 0.1) is 11.8 Å². The first kappa shape index (κ1) is 56.6.